The van der Waals surface area contributed by atoms with Gasteiger partial charge in [0, 0.05) is 0 Å². The van der Waals surface area contributed by atoms with Gasteiger partial charge in [-0.05, 0) is 0 Å². The van der Waals surface area contributed by atoms with Gasteiger partial charge in [0.1, 0.15) is 0 Å². The first-order valence-corrected chi connectivity index (χ1v) is 10.7. The molecule has 0 aromatic heterocycles. The van der Waals surface area contributed by atoms with Crippen molar-refractivity contribution in [1.29, 1.82) is 0 Å². The van der Waals surface area contributed by atoms with Crippen molar-refractivity contribution in [3.8, 4) is 0 Å². The van der Waals surface area contributed by atoms with Crippen molar-refractivity contribution in [3.63, 3.8) is 0 Å². The molecule has 2 heterocycles. The summed E-state index contributed by atoms with van der Waals surface area (Å²) in [5.74, 6) is 0. The average molecular weight is 686 g/mol. The zero-order valence-corrected chi connectivity index (χ0v) is 18.2. The molecule has 2 aliphatic heterocycles. The molecule has 0 aliphatic carbocycles. The molecule has 2 nitrogen and oxygen atoms in total. The van der Waals surface area contributed by atoms with Crippen LogP contribution in [0, 0.1) is 0 Å². The van der Waals surface area contributed by atoms with Crippen molar-refractivity contribution < 1.29 is 51.0 Å². The summed E-state index contributed by atoms with van der Waals surface area (Å²) in [6, 6.07) is 0. The van der Waals surface area contributed by atoms with Gasteiger partial charge in [-0.15, -0.1) is 0 Å². The fourth-order valence-electron chi connectivity index (χ4n) is 0.373. The number of nitrogens with zero attached hydrogens (tertiary/aromatic N) is 2. The van der Waals surface area contributed by atoms with Gasteiger partial charge in [0.25, 0.3) is 0 Å². The van der Waals surface area contributed by atoms with Gasteiger partial charge < -0.3 is 24.8 Å². The molecule has 2 aliphatic rings. The van der Waals surface area contributed by atoms with E-state index < -0.39 is 47.1 Å². The van der Waals surface area contributed by atoms with Crippen LogP contribution < -0.4 is 24.8 Å². The number of halogens is 2. The summed E-state index contributed by atoms with van der Waals surface area (Å²) >= 11 is -1.01. The van der Waals surface area contributed by atoms with E-state index in [0.717, 1.165) is 0 Å². The Morgan fingerprint density at radius 3 is 1.31 bits per heavy atom. The first-order chi connectivity index (χ1) is 5.00. The van der Waals surface area contributed by atoms with Gasteiger partial charge in [-0.2, -0.15) is 0 Å². The van der Waals surface area contributed by atoms with Crippen LogP contribution in [-0.4, -0.2) is 59.5 Å². The molecule has 0 saturated heterocycles. The third-order valence-electron chi connectivity index (χ3n) is 0.723. The summed E-state index contributed by atoms with van der Waals surface area (Å²) in [5, 5.41) is 0. The first kappa shape index (κ1) is 20.5. The maximum Gasteiger partial charge on any atom is 4.00 e. The third kappa shape index (κ3) is 14.0. The fourth-order valence-corrected chi connectivity index (χ4v) is 3.27. The number of allylic oxidation sites excluding steroid dienone is 2. The van der Waals surface area contributed by atoms with Gasteiger partial charge >= 0.3 is 111 Å². The molecule has 0 amide bonds. The summed E-state index contributed by atoms with van der Waals surface area (Å²) in [5.41, 5.74) is 0. The Bertz CT molecular complexity index is 165. The minimum atomic E-state index is -0.506. The van der Waals surface area contributed by atoms with Crippen molar-refractivity contribution in [2.75, 3.05) is 0 Å². The predicted molar refractivity (Wildman–Crippen MR) is 47.4 cm³/mol. The zero-order valence-electron chi connectivity index (χ0n) is 6.46. The second-order valence-electron chi connectivity index (χ2n) is 1.41. The molecule has 0 spiro atoms. The zero-order chi connectivity index (χ0) is 7.07. The van der Waals surface area contributed by atoms with Crippen LogP contribution in [0.15, 0.2) is 25.6 Å². The molecular weight excluding hydrogens is 680 g/mol. The summed E-state index contributed by atoms with van der Waals surface area (Å²) in [4.78, 5) is 0. The molecule has 7 heteroatoms. The van der Waals surface area contributed by atoms with Crippen LogP contribution in [0.25, 0.3) is 0 Å². The molecule has 0 bridgehead atoms. The van der Waals surface area contributed by atoms with Gasteiger partial charge in [0.05, 0.1) is 0 Å². The summed E-state index contributed by atoms with van der Waals surface area (Å²) in [7, 11) is 0. The SMILES string of the molecule is [C-]1=[N][BiH][CH]=C1.[C-]1=[N][BiH][CH]=C1.[Cl-].[Cl-].[Zr+4]. The fraction of sp³-hybridized carbons (Fsp3) is 0. The van der Waals surface area contributed by atoms with Crippen LogP contribution in [0.5, 0.6) is 0 Å². The molecule has 0 aromatic rings. The van der Waals surface area contributed by atoms with Gasteiger partial charge in [-0.3, -0.25) is 0 Å². The molecule has 68 valence electrons. The molecule has 2 rings (SSSR count). The Hall–Kier alpha value is 2.05. The van der Waals surface area contributed by atoms with Crippen LogP contribution in [0.4, 0.5) is 0 Å². The molecule has 0 unspecified atom stereocenters. The van der Waals surface area contributed by atoms with Crippen molar-refractivity contribution in [2.45, 2.75) is 0 Å². The number of hydrogen-bond donors (Lipinski definition) is 0. The van der Waals surface area contributed by atoms with Crippen LogP contribution in [0.2, 0.25) is 0 Å². The van der Waals surface area contributed by atoms with E-state index in [0.29, 0.717) is 0 Å². The topological polar surface area (TPSA) is 24.7 Å². The van der Waals surface area contributed by atoms with Gasteiger partial charge in [-0.1, -0.05) is 0 Å². The van der Waals surface area contributed by atoms with E-state index in [1.807, 2.05) is 12.2 Å². The van der Waals surface area contributed by atoms with E-state index in [-0.39, 0.29) is 51.0 Å². The van der Waals surface area contributed by atoms with Crippen molar-refractivity contribution in [1.82, 2.24) is 0 Å². The molecule has 13 heavy (non-hydrogen) atoms. The van der Waals surface area contributed by atoms with E-state index in [2.05, 4.69) is 25.9 Å². The summed E-state index contributed by atoms with van der Waals surface area (Å²) in [6.07, 6.45) is 9.32. The monoisotopic (exact) mass is 684 g/mol. The van der Waals surface area contributed by atoms with Crippen LogP contribution in [0.1, 0.15) is 0 Å². The maximum atomic E-state index is 3.92. The minimum absolute atomic E-state index is 0. The smallest absolute Gasteiger partial charge is 1.00 e. The van der Waals surface area contributed by atoms with Crippen molar-refractivity contribution in [2.24, 2.45) is 5.87 Å². The average Bonchev–Trinajstić information content (AvgIpc) is 2.67. The Kier molecular flexibility index (Phi) is 25.9. The van der Waals surface area contributed by atoms with E-state index in [9.17, 15) is 0 Å². The molecule has 0 fully saturated rings. The molecular formula is C6H6Bi2Cl2N2Zr. The Labute approximate surface area is 134 Å². The standard InChI is InChI=1S/2C3H2N.2Bi.2ClH.Zr.2H/c2*1-2-3-4;;;;;;;/h2*1-2H;;;2*1H;;;/q2*-2;2*+1;;;+4;;/p-2. The van der Waals surface area contributed by atoms with Gasteiger partial charge in [-0.25, -0.2) is 0 Å². The Morgan fingerprint density at radius 1 is 0.846 bits per heavy atom. The predicted octanol–water partition coefficient (Wildman–Crippen LogP) is -6.37. The van der Waals surface area contributed by atoms with Crippen molar-refractivity contribution in [3.05, 3.63) is 19.7 Å². The quantitative estimate of drug-likeness (QED) is 0.179. The number of rotatable bonds is 0. The third-order valence-corrected chi connectivity index (χ3v) is 5.19. The molecule has 0 radical (unpaired) electrons. The number of hydrogen-bond acceptors (Lipinski definition) is 2. The second kappa shape index (κ2) is 16.5. The van der Waals surface area contributed by atoms with Crippen LogP contribution >= 0.6 is 0 Å². The Morgan fingerprint density at radius 2 is 1.23 bits per heavy atom. The van der Waals surface area contributed by atoms with E-state index in [1.165, 1.54) is 0 Å². The van der Waals surface area contributed by atoms with Gasteiger partial charge in [0.15, 0.2) is 0 Å². The summed E-state index contributed by atoms with van der Waals surface area (Å²) < 4.78 is 12.1. The molecule has 0 saturated carbocycles. The van der Waals surface area contributed by atoms with E-state index in [1.54, 1.807) is 0 Å². The second-order valence-corrected chi connectivity index (χ2v) is 7.74. The van der Waals surface area contributed by atoms with Gasteiger partial charge in [0.2, 0.25) is 0 Å². The maximum absolute atomic E-state index is 3.92. The van der Waals surface area contributed by atoms with E-state index in [4.69, 9.17) is 0 Å². The molecule has 0 aromatic carbocycles. The largest absolute Gasteiger partial charge is 4.00 e. The normalized spacial score (nSPS) is 13.5. The minimum Gasteiger partial charge on any atom is -1.00 e. The van der Waals surface area contributed by atoms with E-state index >= 15 is 0 Å². The molecule has 0 N–H and O–H groups in total. The van der Waals surface area contributed by atoms with Crippen LogP contribution in [0.3, 0.4) is 0 Å². The first-order valence-electron chi connectivity index (χ1n) is 2.72. The van der Waals surface area contributed by atoms with Crippen molar-refractivity contribution >= 4 is 59.5 Å². The summed E-state index contributed by atoms with van der Waals surface area (Å²) in [6.45, 7) is 0. The molecule has 0 atom stereocenters. The Balaban J connectivity index is -0.000000125. The van der Waals surface area contributed by atoms with Crippen LogP contribution in [-0.2, 0) is 26.2 Å².